The Morgan fingerprint density at radius 3 is 1.31 bits per heavy atom. The lowest BCUT2D eigenvalue weighted by atomic mass is 9.90. The van der Waals surface area contributed by atoms with E-state index in [4.69, 9.17) is 0 Å². The Kier molecular flexibility index (Phi) is 11.4. The molecule has 4 fully saturated rings. The number of hydrogen-bond donors (Lipinski definition) is 0. The molecule has 2 saturated carbocycles. The normalized spacial score (nSPS) is 31.0. The van der Waals surface area contributed by atoms with Crippen molar-refractivity contribution in [3.63, 3.8) is 0 Å². The Morgan fingerprint density at radius 1 is 0.667 bits per heavy atom. The third kappa shape index (κ3) is 6.43. The summed E-state index contributed by atoms with van der Waals surface area (Å²) in [6.45, 7) is 23.3. The van der Waals surface area contributed by atoms with E-state index in [1.54, 1.807) is 0 Å². The standard InChI is InChI=1S/C28H32N2O4.2C4H8/c1-5-19-10-15(3)21-23(19)27(33)29(25(21)31)13-17-8-7-9-18(12-17)14-30-26(32)22-16(4)11-20(6-2)24(22)28(30)34;2*1-3-4-2/h5-9,12,15-16,19-24H,1-2,10-11,13-14H2,3-4H3;2*3H,1,4H2,2H3. The number of imide groups is 2. The number of amides is 4. The van der Waals surface area contributed by atoms with Gasteiger partial charge in [-0.1, -0.05) is 76.3 Å². The third-order valence-corrected chi connectivity index (χ3v) is 9.27. The van der Waals surface area contributed by atoms with Crippen LogP contribution in [0.15, 0.2) is 74.9 Å². The minimum absolute atomic E-state index is 0.0428. The Bertz CT molecular complexity index is 1130. The first-order chi connectivity index (χ1) is 20.1. The molecule has 6 heteroatoms. The van der Waals surface area contributed by atoms with E-state index >= 15 is 0 Å². The van der Waals surface area contributed by atoms with Crippen LogP contribution in [0.2, 0.25) is 0 Å². The van der Waals surface area contributed by atoms with Gasteiger partial charge < -0.3 is 0 Å². The van der Waals surface area contributed by atoms with E-state index in [2.05, 4.69) is 40.2 Å². The van der Waals surface area contributed by atoms with E-state index < -0.39 is 0 Å². The van der Waals surface area contributed by atoms with E-state index in [1.807, 2.05) is 62.4 Å². The lowest BCUT2D eigenvalue weighted by Gasteiger charge is -2.21. The maximum absolute atomic E-state index is 13.1. The van der Waals surface area contributed by atoms with Gasteiger partial charge in [-0.25, -0.2) is 0 Å². The van der Waals surface area contributed by atoms with Crippen LogP contribution in [0.25, 0.3) is 0 Å². The first-order valence-electron chi connectivity index (χ1n) is 15.3. The lowest BCUT2D eigenvalue weighted by molar-refractivity contribution is -0.143. The van der Waals surface area contributed by atoms with Gasteiger partial charge in [-0.2, -0.15) is 0 Å². The van der Waals surface area contributed by atoms with Gasteiger partial charge in [0.2, 0.25) is 23.6 Å². The molecule has 8 unspecified atom stereocenters. The average molecular weight is 573 g/mol. The van der Waals surface area contributed by atoms with Crippen LogP contribution in [0.3, 0.4) is 0 Å². The second kappa shape index (κ2) is 14.6. The number of carbonyl (C=O) groups excluding carboxylic acids is 4. The highest BCUT2D eigenvalue weighted by molar-refractivity contribution is 6.06. The van der Waals surface area contributed by atoms with Crippen molar-refractivity contribution in [2.24, 2.45) is 47.3 Å². The molecule has 0 radical (unpaired) electrons. The molecule has 5 rings (SSSR count). The number of nitrogens with zero attached hydrogens (tertiary/aromatic N) is 2. The molecular formula is C36H48N2O4. The highest BCUT2D eigenvalue weighted by Gasteiger charge is 2.57. The third-order valence-electron chi connectivity index (χ3n) is 9.27. The molecule has 0 bridgehead atoms. The fraction of sp³-hybridized carbons (Fsp3) is 0.500. The number of likely N-dealkylation sites (tertiary alicyclic amines) is 2. The van der Waals surface area contributed by atoms with Gasteiger partial charge in [0.15, 0.2) is 0 Å². The van der Waals surface area contributed by atoms with Gasteiger partial charge >= 0.3 is 0 Å². The van der Waals surface area contributed by atoms with Crippen LogP contribution >= 0.6 is 0 Å². The second-order valence-electron chi connectivity index (χ2n) is 12.1. The molecule has 4 aliphatic rings. The van der Waals surface area contributed by atoms with E-state index in [0.29, 0.717) is 0 Å². The van der Waals surface area contributed by atoms with Crippen molar-refractivity contribution in [3.8, 4) is 0 Å². The van der Waals surface area contributed by atoms with E-state index in [-0.39, 0.29) is 84.1 Å². The highest BCUT2D eigenvalue weighted by atomic mass is 16.2. The van der Waals surface area contributed by atoms with Crippen molar-refractivity contribution in [2.45, 2.75) is 66.5 Å². The molecule has 6 nitrogen and oxygen atoms in total. The van der Waals surface area contributed by atoms with Crippen molar-refractivity contribution >= 4 is 23.6 Å². The summed E-state index contributed by atoms with van der Waals surface area (Å²) in [7, 11) is 0. The molecule has 0 N–H and O–H groups in total. The molecule has 0 aromatic heterocycles. The second-order valence-corrected chi connectivity index (χ2v) is 12.1. The lowest BCUT2D eigenvalue weighted by Crippen LogP contribution is -2.33. The number of benzene rings is 1. The molecular weight excluding hydrogens is 524 g/mol. The van der Waals surface area contributed by atoms with Gasteiger partial charge in [0, 0.05) is 0 Å². The monoisotopic (exact) mass is 572 g/mol. The SMILES string of the molecule is C=CC1CC(C)C2C(=O)N(Cc3cccc(CN4C(=O)C5C(C)CC(C=C)C5C4=O)c3)C(=O)C12.C=CCC.C=CCC. The predicted octanol–water partition coefficient (Wildman–Crippen LogP) is 6.74. The van der Waals surface area contributed by atoms with E-state index in [1.165, 1.54) is 9.80 Å². The summed E-state index contributed by atoms with van der Waals surface area (Å²) in [5.74, 6) is -1.15. The number of allylic oxidation sites excluding steroid dienone is 4. The van der Waals surface area contributed by atoms with Gasteiger partial charge in [-0.15, -0.1) is 26.3 Å². The predicted molar refractivity (Wildman–Crippen MR) is 167 cm³/mol. The van der Waals surface area contributed by atoms with E-state index in [0.717, 1.165) is 36.8 Å². The Labute approximate surface area is 252 Å². The fourth-order valence-electron chi connectivity index (χ4n) is 7.08. The van der Waals surface area contributed by atoms with Gasteiger partial charge in [0.1, 0.15) is 0 Å². The summed E-state index contributed by atoms with van der Waals surface area (Å²) in [5, 5.41) is 0. The molecule has 2 aliphatic heterocycles. The molecule has 2 aliphatic carbocycles. The van der Waals surface area contributed by atoms with Crippen molar-refractivity contribution < 1.29 is 19.2 Å². The first-order valence-corrected chi connectivity index (χ1v) is 15.3. The summed E-state index contributed by atoms with van der Waals surface area (Å²) in [6, 6.07) is 7.51. The first kappa shape index (κ1) is 33.0. The van der Waals surface area contributed by atoms with E-state index in [9.17, 15) is 19.2 Å². The number of rotatable bonds is 8. The molecule has 226 valence electrons. The minimum Gasteiger partial charge on any atom is -0.278 e. The van der Waals surface area contributed by atoms with Gasteiger partial charge in [0.25, 0.3) is 0 Å². The van der Waals surface area contributed by atoms with Crippen LogP contribution in [0, 0.1) is 47.3 Å². The Hall–Kier alpha value is -3.54. The quantitative estimate of drug-likeness (QED) is 0.255. The average Bonchev–Trinajstić information content (AvgIpc) is 3.67. The zero-order valence-electron chi connectivity index (χ0n) is 25.8. The fourth-order valence-corrected chi connectivity index (χ4v) is 7.08. The maximum Gasteiger partial charge on any atom is 0.234 e. The Balaban J connectivity index is 0.000000540. The van der Waals surface area contributed by atoms with Gasteiger partial charge in [-0.3, -0.25) is 29.0 Å². The van der Waals surface area contributed by atoms with Crippen LogP contribution in [0.1, 0.15) is 64.5 Å². The van der Waals surface area contributed by atoms with Crippen LogP contribution in [-0.4, -0.2) is 33.4 Å². The van der Waals surface area contributed by atoms with Crippen molar-refractivity contribution in [3.05, 3.63) is 86.0 Å². The van der Waals surface area contributed by atoms with Crippen molar-refractivity contribution in [1.82, 2.24) is 9.80 Å². The molecule has 4 amide bonds. The van der Waals surface area contributed by atoms with Crippen molar-refractivity contribution in [1.29, 1.82) is 0 Å². The molecule has 1 aromatic rings. The maximum atomic E-state index is 13.1. The zero-order valence-corrected chi connectivity index (χ0v) is 25.8. The molecule has 2 heterocycles. The van der Waals surface area contributed by atoms with Crippen LogP contribution in [0.5, 0.6) is 0 Å². The number of fused-ring (bicyclic) bond motifs is 2. The topological polar surface area (TPSA) is 74.8 Å². The van der Waals surface area contributed by atoms with Crippen LogP contribution in [0.4, 0.5) is 0 Å². The Morgan fingerprint density at radius 2 is 1.00 bits per heavy atom. The smallest absolute Gasteiger partial charge is 0.234 e. The van der Waals surface area contributed by atoms with Gasteiger partial charge in [0.05, 0.1) is 36.8 Å². The molecule has 1 aromatic carbocycles. The molecule has 0 spiro atoms. The summed E-state index contributed by atoms with van der Waals surface area (Å²) >= 11 is 0. The minimum atomic E-state index is -0.303. The molecule has 42 heavy (non-hydrogen) atoms. The van der Waals surface area contributed by atoms with Crippen LogP contribution in [-0.2, 0) is 32.3 Å². The van der Waals surface area contributed by atoms with Crippen LogP contribution < -0.4 is 0 Å². The molecule has 2 saturated heterocycles. The molecule has 8 atom stereocenters. The number of carbonyl (C=O) groups is 4. The largest absolute Gasteiger partial charge is 0.278 e. The summed E-state index contributed by atoms with van der Waals surface area (Å²) in [4.78, 5) is 55.2. The summed E-state index contributed by atoms with van der Waals surface area (Å²) < 4.78 is 0. The summed E-state index contributed by atoms with van der Waals surface area (Å²) in [5.41, 5.74) is 1.64. The van der Waals surface area contributed by atoms with Crippen molar-refractivity contribution in [2.75, 3.05) is 0 Å². The number of hydrogen-bond acceptors (Lipinski definition) is 4. The highest BCUT2D eigenvalue weighted by Crippen LogP contribution is 2.49. The van der Waals surface area contributed by atoms with Gasteiger partial charge in [-0.05, 0) is 60.5 Å². The summed E-state index contributed by atoms with van der Waals surface area (Å²) in [6.07, 6.45) is 11.2. The zero-order chi connectivity index (χ0) is 31.1.